The van der Waals surface area contributed by atoms with Crippen LogP contribution in [0, 0.1) is 12.7 Å². The van der Waals surface area contributed by atoms with Crippen molar-refractivity contribution in [2.45, 2.75) is 33.2 Å². The van der Waals surface area contributed by atoms with Gasteiger partial charge in [-0.25, -0.2) is 4.39 Å². The van der Waals surface area contributed by atoms with Gasteiger partial charge in [-0.1, -0.05) is 25.5 Å². The number of nitrogens with zero attached hydrogens (tertiary/aromatic N) is 1. The van der Waals surface area contributed by atoms with Crippen molar-refractivity contribution in [2.24, 2.45) is 0 Å². The Bertz CT molecular complexity index is 887. The second-order valence-electron chi connectivity index (χ2n) is 6.98. The van der Waals surface area contributed by atoms with Gasteiger partial charge in [-0.15, -0.1) is 0 Å². The number of ketones is 1. The molecular formula is C22H24FNO3. The van der Waals surface area contributed by atoms with E-state index in [0.29, 0.717) is 34.5 Å². The highest BCUT2D eigenvalue weighted by molar-refractivity contribution is 6.15. The molecule has 0 fully saturated rings. The summed E-state index contributed by atoms with van der Waals surface area (Å²) in [5, 5.41) is 10.4. The van der Waals surface area contributed by atoms with Gasteiger partial charge in [-0.3, -0.25) is 4.79 Å². The van der Waals surface area contributed by atoms with Gasteiger partial charge >= 0.3 is 0 Å². The fourth-order valence-electron chi connectivity index (χ4n) is 3.22. The van der Waals surface area contributed by atoms with Crippen LogP contribution in [0.25, 0.3) is 6.08 Å². The summed E-state index contributed by atoms with van der Waals surface area (Å²) < 4.78 is 19.0. The van der Waals surface area contributed by atoms with Gasteiger partial charge in [0, 0.05) is 6.54 Å². The predicted molar refractivity (Wildman–Crippen MR) is 103 cm³/mol. The number of carbonyl (C=O) groups is 1. The molecule has 0 amide bonds. The molecule has 0 spiro atoms. The molecule has 3 rings (SSSR count). The average molecular weight is 369 g/mol. The number of benzene rings is 2. The van der Waals surface area contributed by atoms with Crippen molar-refractivity contribution in [1.29, 1.82) is 0 Å². The van der Waals surface area contributed by atoms with Crippen LogP contribution in [0.5, 0.6) is 11.5 Å². The molecule has 0 saturated heterocycles. The summed E-state index contributed by atoms with van der Waals surface area (Å²) in [7, 11) is 1.98. The molecular weight excluding hydrogens is 345 g/mol. The minimum absolute atomic E-state index is 0.130. The number of carbonyl (C=O) groups excluding carboxylic acids is 1. The fraction of sp³-hybridized carbons (Fsp3) is 0.318. The maximum Gasteiger partial charge on any atom is 0.232 e. The molecule has 1 heterocycles. The molecule has 0 radical (unpaired) electrons. The first-order valence-electron chi connectivity index (χ1n) is 9.14. The number of phenols is 1. The van der Waals surface area contributed by atoms with Gasteiger partial charge in [0.1, 0.15) is 17.3 Å². The van der Waals surface area contributed by atoms with E-state index >= 15 is 0 Å². The third-order valence-electron chi connectivity index (χ3n) is 4.71. The van der Waals surface area contributed by atoms with E-state index in [1.807, 2.05) is 7.05 Å². The van der Waals surface area contributed by atoms with E-state index in [4.69, 9.17) is 4.74 Å². The lowest BCUT2D eigenvalue weighted by Gasteiger charge is -2.19. The number of halogens is 1. The first-order chi connectivity index (χ1) is 12.9. The SMILES string of the molecule is CCCCN(C)Cc1c(O)cc(C)c2c1O/C(=C\c1ccc(F)cc1)C2=O. The Morgan fingerprint density at radius 1 is 1.26 bits per heavy atom. The second kappa shape index (κ2) is 7.92. The Morgan fingerprint density at radius 2 is 1.96 bits per heavy atom. The van der Waals surface area contributed by atoms with Crippen molar-refractivity contribution in [1.82, 2.24) is 4.90 Å². The van der Waals surface area contributed by atoms with Crippen LogP contribution in [-0.2, 0) is 6.54 Å². The molecule has 1 aliphatic heterocycles. The van der Waals surface area contributed by atoms with Crippen LogP contribution in [0.2, 0.25) is 0 Å². The van der Waals surface area contributed by atoms with E-state index < -0.39 is 0 Å². The quantitative estimate of drug-likeness (QED) is 0.751. The van der Waals surface area contributed by atoms with Gasteiger partial charge < -0.3 is 14.7 Å². The summed E-state index contributed by atoms with van der Waals surface area (Å²) >= 11 is 0. The molecule has 0 aromatic heterocycles. The van der Waals surface area contributed by atoms with Crippen molar-refractivity contribution in [2.75, 3.05) is 13.6 Å². The van der Waals surface area contributed by atoms with Crippen LogP contribution < -0.4 is 4.74 Å². The Labute approximate surface area is 158 Å². The Balaban J connectivity index is 1.95. The maximum absolute atomic E-state index is 13.1. The number of aryl methyl sites for hydroxylation is 1. The molecule has 1 aliphatic rings. The van der Waals surface area contributed by atoms with E-state index in [1.165, 1.54) is 12.1 Å². The van der Waals surface area contributed by atoms with Crippen molar-refractivity contribution < 1.29 is 19.0 Å². The van der Waals surface area contributed by atoms with Crippen LogP contribution in [0.1, 0.15) is 46.8 Å². The van der Waals surface area contributed by atoms with Crippen LogP contribution >= 0.6 is 0 Å². The minimum Gasteiger partial charge on any atom is -0.507 e. The van der Waals surface area contributed by atoms with Gasteiger partial charge in [-0.05, 0) is 62.3 Å². The number of allylic oxidation sites excluding steroid dienone is 1. The van der Waals surface area contributed by atoms with E-state index in [0.717, 1.165) is 19.4 Å². The monoisotopic (exact) mass is 369 g/mol. The molecule has 0 atom stereocenters. The average Bonchev–Trinajstić information content (AvgIpc) is 2.95. The lowest BCUT2D eigenvalue weighted by molar-refractivity contribution is 0.101. The lowest BCUT2D eigenvalue weighted by atomic mass is 9.99. The minimum atomic E-state index is -0.336. The second-order valence-corrected chi connectivity index (χ2v) is 6.98. The van der Waals surface area contributed by atoms with Crippen molar-refractivity contribution in [3.8, 4) is 11.5 Å². The summed E-state index contributed by atoms with van der Waals surface area (Å²) in [6.45, 7) is 5.30. The zero-order chi connectivity index (χ0) is 19.6. The fourth-order valence-corrected chi connectivity index (χ4v) is 3.22. The standard InChI is InChI=1S/C22H24FNO3/c1-4-5-10-24(3)13-17-18(25)11-14(2)20-21(26)19(27-22(17)20)12-15-6-8-16(23)9-7-15/h6-9,11-12,25H,4-5,10,13H2,1-3H3/b19-12-. The molecule has 142 valence electrons. The first-order valence-corrected chi connectivity index (χ1v) is 9.14. The molecule has 2 aromatic carbocycles. The van der Waals surface area contributed by atoms with Crippen LogP contribution in [0.3, 0.4) is 0 Å². The zero-order valence-corrected chi connectivity index (χ0v) is 15.9. The smallest absolute Gasteiger partial charge is 0.232 e. The van der Waals surface area contributed by atoms with Gasteiger partial charge in [0.05, 0.1) is 11.1 Å². The summed E-state index contributed by atoms with van der Waals surface area (Å²) in [5.74, 6) is 0.184. The molecule has 1 N–H and O–H groups in total. The Morgan fingerprint density at radius 3 is 2.63 bits per heavy atom. The highest BCUT2D eigenvalue weighted by Crippen LogP contribution is 2.42. The molecule has 0 unspecified atom stereocenters. The van der Waals surface area contributed by atoms with Gasteiger partial charge in [-0.2, -0.15) is 0 Å². The zero-order valence-electron chi connectivity index (χ0n) is 15.9. The normalized spacial score (nSPS) is 14.7. The Hall–Kier alpha value is -2.66. The molecule has 0 bridgehead atoms. The van der Waals surface area contributed by atoms with E-state index in [2.05, 4.69) is 11.8 Å². The summed E-state index contributed by atoms with van der Waals surface area (Å²) in [6.07, 6.45) is 3.74. The number of fused-ring (bicyclic) bond motifs is 1. The number of rotatable bonds is 6. The highest BCUT2D eigenvalue weighted by Gasteiger charge is 2.33. The van der Waals surface area contributed by atoms with Gasteiger partial charge in [0.2, 0.25) is 5.78 Å². The van der Waals surface area contributed by atoms with Gasteiger partial charge in [0.15, 0.2) is 5.76 Å². The highest BCUT2D eigenvalue weighted by atomic mass is 19.1. The van der Waals surface area contributed by atoms with E-state index in [9.17, 15) is 14.3 Å². The molecule has 27 heavy (non-hydrogen) atoms. The van der Waals surface area contributed by atoms with Crippen LogP contribution in [0.15, 0.2) is 36.1 Å². The number of hydrogen-bond acceptors (Lipinski definition) is 4. The van der Waals surface area contributed by atoms with Crippen LogP contribution in [0.4, 0.5) is 4.39 Å². The van der Waals surface area contributed by atoms with Gasteiger partial charge in [0.25, 0.3) is 0 Å². The number of ether oxygens (including phenoxy) is 1. The van der Waals surface area contributed by atoms with Crippen molar-refractivity contribution in [3.63, 3.8) is 0 Å². The van der Waals surface area contributed by atoms with Crippen molar-refractivity contribution >= 4 is 11.9 Å². The predicted octanol–water partition coefficient (Wildman–Crippen LogP) is 4.69. The van der Waals surface area contributed by atoms with E-state index in [-0.39, 0.29) is 23.1 Å². The summed E-state index contributed by atoms with van der Waals surface area (Å²) in [6, 6.07) is 7.47. The summed E-state index contributed by atoms with van der Waals surface area (Å²) in [4.78, 5) is 14.9. The van der Waals surface area contributed by atoms with E-state index in [1.54, 1.807) is 31.2 Å². The van der Waals surface area contributed by atoms with Crippen LogP contribution in [-0.4, -0.2) is 29.4 Å². The third kappa shape index (κ3) is 4.03. The molecule has 4 nitrogen and oxygen atoms in total. The molecule has 0 saturated carbocycles. The number of aromatic hydroxyl groups is 1. The number of phenolic OH excluding ortho intramolecular Hbond substituents is 1. The number of unbranched alkanes of at least 4 members (excludes halogenated alkanes) is 1. The lowest BCUT2D eigenvalue weighted by Crippen LogP contribution is -2.19. The molecule has 0 aliphatic carbocycles. The summed E-state index contributed by atoms with van der Waals surface area (Å²) in [5.41, 5.74) is 2.45. The molecule has 2 aromatic rings. The third-order valence-corrected chi connectivity index (χ3v) is 4.71. The number of Topliss-reactive ketones (excluding diaryl/α,β-unsaturated/α-hetero) is 1. The number of hydrogen-bond donors (Lipinski definition) is 1. The topological polar surface area (TPSA) is 49.8 Å². The molecule has 5 heteroatoms. The van der Waals surface area contributed by atoms with Crippen molar-refractivity contribution in [3.05, 3.63) is 64.2 Å². The first kappa shape index (κ1) is 19.1. The largest absolute Gasteiger partial charge is 0.507 e. The Kier molecular flexibility index (Phi) is 5.61. The maximum atomic E-state index is 13.1.